The number of methoxy groups -OCH3 is 1. The van der Waals surface area contributed by atoms with Crippen LogP contribution in [0.2, 0.25) is 0 Å². The van der Waals surface area contributed by atoms with Crippen LogP contribution >= 0.6 is 15.9 Å². The van der Waals surface area contributed by atoms with E-state index in [-0.39, 0.29) is 12.1 Å². The molecule has 3 aromatic rings. The molecule has 0 bridgehead atoms. The molecule has 8 nitrogen and oxygen atoms in total. The summed E-state index contributed by atoms with van der Waals surface area (Å²) in [5.41, 5.74) is 0.876. The molecule has 27 heavy (non-hydrogen) atoms. The molecule has 0 spiro atoms. The normalized spacial score (nSPS) is 11.3. The van der Waals surface area contributed by atoms with E-state index in [2.05, 4.69) is 26.2 Å². The van der Waals surface area contributed by atoms with Gasteiger partial charge in [0.25, 0.3) is 5.56 Å². The van der Waals surface area contributed by atoms with Crippen LogP contribution in [0.25, 0.3) is 11.2 Å². The molecule has 0 atom stereocenters. The molecule has 0 unspecified atom stereocenters. The predicted molar refractivity (Wildman–Crippen MR) is 108 cm³/mol. The number of halogens is 1. The summed E-state index contributed by atoms with van der Waals surface area (Å²) in [6, 6.07) is 7.55. The van der Waals surface area contributed by atoms with Gasteiger partial charge < -0.3 is 14.6 Å². The van der Waals surface area contributed by atoms with Crippen molar-refractivity contribution in [2.45, 2.75) is 13.0 Å². The molecular formula is C18H22BrN5O3. The lowest BCUT2D eigenvalue weighted by Crippen LogP contribution is -2.39. The zero-order valence-electron chi connectivity index (χ0n) is 15.5. The lowest BCUT2D eigenvalue weighted by atomic mass is 10.2. The van der Waals surface area contributed by atoms with Gasteiger partial charge in [-0.3, -0.25) is 13.9 Å². The number of anilines is 1. The Morgan fingerprint density at radius 2 is 2.00 bits per heavy atom. The third-order valence-electron chi connectivity index (χ3n) is 4.40. The Hall–Kier alpha value is -2.39. The standard InChI is InChI=1S/C18H22BrN5O3/c1-22-14-15(21-17(22)20-8-5-9-27-3)23(2)18(26)24(16(14)25)11-12-6-4-7-13(19)10-12/h4,6-7,10H,5,8-9,11H2,1-3H3,(H,20,21). The van der Waals surface area contributed by atoms with Crippen LogP contribution in [0.5, 0.6) is 0 Å². The molecule has 0 aliphatic heterocycles. The molecule has 2 aromatic heterocycles. The van der Waals surface area contributed by atoms with Gasteiger partial charge in [-0.15, -0.1) is 0 Å². The van der Waals surface area contributed by atoms with Gasteiger partial charge in [0.15, 0.2) is 11.2 Å². The number of aromatic nitrogens is 4. The number of imidazole rings is 1. The van der Waals surface area contributed by atoms with Crippen LogP contribution in [0, 0.1) is 0 Å². The Morgan fingerprint density at radius 1 is 1.22 bits per heavy atom. The molecule has 0 radical (unpaired) electrons. The van der Waals surface area contributed by atoms with Gasteiger partial charge in [0.2, 0.25) is 5.95 Å². The summed E-state index contributed by atoms with van der Waals surface area (Å²) in [4.78, 5) is 30.2. The fraction of sp³-hybridized carbons (Fsp3) is 0.389. The number of rotatable bonds is 7. The van der Waals surface area contributed by atoms with Crippen molar-refractivity contribution in [3.63, 3.8) is 0 Å². The second-order valence-electron chi connectivity index (χ2n) is 6.30. The number of nitrogens with zero attached hydrogens (tertiary/aromatic N) is 4. The van der Waals surface area contributed by atoms with Gasteiger partial charge in [0.1, 0.15) is 0 Å². The Bertz CT molecular complexity index is 1080. The van der Waals surface area contributed by atoms with Gasteiger partial charge in [-0.1, -0.05) is 28.1 Å². The Balaban J connectivity index is 2.05. The first-order valence-electron chi connectivity index (χ1n) is 8.57. The minimum Gasteiger partial charge on any atom is -0.385 e. The van der Waals surface area contributed by atoms with Gasteiger partial charge >= 0.3 is 5.69 Å². The molecule has 0 saturated heterocycles. The first kappa shape index (κ1) is 19.4. The zero-order valence-corrected chi connectivity index (χ0v) is 17.1. The van der Waals surface area contributed by atoms with E-state index in [9.17, 15) is 9.59 Å². The Kier molecular flexibility index (Phi) is 5.81. The van der Waals surface area contributed by atoms with Crippen molar-refractivity contribution in [3.05, 3.63) is 55.1 Å². The highest BCUT2D eigenvalue weighted by Gasteiger charge is 2.18. The van der Waals surface area contributed by atoms with Gasteiger partial charge in [-0.25, -0.2) is 4.79 Å². The van der Waals surface area contributed by atoms with E-state index in [0.29, 0.717) is 30.3 Å². The Morgan fingerprint density at radius 3 is 2.70 bits per heavy atom. The van der Waals surface area contributed by atoms with E-state index < -0.39 is 5.69 Å². The van der Waals surface area contributed by atoms with E-state index in [1.54, 1.807) is 25.8 Å². The maximum Gasteiger partial charge on any atom is 0.332 e. The number of fused-ring (bicyclic) bond motifs is 1. The van der Waals surface area contributed by atoms with Crippen molar-refractivity contribution < 1.29 is 4.74 Å². The van der Waals surface area contributed by atoms with Crippen molar-refractivity contribution in [3.8, 4) is 0 Å². The Labute approximate surface area is 164 Å². The lowest BCUT2D eigenvalue weighted by Gasteiger charge is -2.09. The summed E-state index contributed by atoms with van der Waals surface area (Å²) < 4.78 is 10.3. The van der Waals surface area contributed by atoms with Crippen molar-refractivity contribution in [1.29, 1.82) is 0 Å². The molecular weight excluding hydrogens is 414 g/mol. The lowest BCUT2D eigenvalue weighted by molar-refractivity contribution is 0.197. The molecule has 2 heterocycles. The number of aryl methyl sites for hydroxylation is 2. The summed E-state index contributed by atoms with van der Waals surface area (Å²) in [6.07, 6.45) is 0.811. The highest BCUT2D eigenvalue weighted by Crippen LogP contribution is 2.15. The van der Waals surface area contributed by atoms with Gasteiger partial charge in [0, 0.05) is 38.8 Å². The highest BCUT2D eigenvalue weighted by molar-refractivity contribution is 9.10. The van der Waals surface area contributed by atoms with Gasteiger partial charge in [0.05, 0.1) is 6.54 Å². The van der Waals surface area contributed by atoms with Crippen LogP contribution in [0.3, 0.4) is 0 Å². The third-order valence-corrected chi connectivity index (χ3v) is 4.89. The zero-order chi connectivity index (χ0) is 19.6. The molecule has 1 aromatic carbocycles. The minimum absolute atomic E-state index is 0.197. The summed E-state index contributed by atoms with van der Waals surface area (Å²) in [5, 5.41) is 3.19. The average molecular weight is 436 g/mol. The number of benzene rings is 1. The molecule has 1 N–H and O–H groups in total. The van der Waals surface area contributed by atoms with Crippen molar-refractivity contribution in [2.24, 2.45) is 14.1 Å². The summed E-state index contributed by atoms with van der Waals surface area (Å²) in [7, 11) is 5.05. The summed E-state index contributed by atoms with van der Waals surface area (Å²) in [5.74, 6) is 0.549. The van der Waals surface area contributed by atoms with E-state index in [1.807, 2.05) is 24.3 Å². The van der Waals surface area contributed by atoms with Crippen molar-refractivity contribution in [1.82, 2.24) is 18.7 Å². The van der Waals surface area contributed by atoms with Crippen LogP contribution in [-0.2, 0) is 25.4 Å². The summed E-state index contributed by atoms with van der Waals surface area (Å²) in [6.45, 7) is 1.49. The van der Waals surface area contributed by atoms with E-state index >= 15 is 0 Å². The van der Waals surface area contributed by atoms with Gasteiger partial charge in [-0.05, 0) is 24.1 Å². The predicted octanol–water partition coefficient (Wildman–Crippen LogP) is 1.69. The van der Waals surface area contributed by atoms with Crippen LogP contribution in [0.1, 0.15) is 12.0 Å². The first-order valence-corrected chi connectivity index (χ1v) is 9.37. The molecule has 0 aliphatic rings. The monoisotopic (exact) mass is 435 g/mol. The number of nitrogens with one attached hydrogen (secondary N) is 1. The van der Waals surface area contributed by atoms with Gasteiger partial charge in [-0.2, -0.15) is 4.98 Å². The molecule has 0 aliphatic carbocycles. The maximum atomic E-state index is 13.0. The van der Waals surface area contributed by atoms with Crippen LogP contribution in [0.4, 0.5) is 5.95 Å². The minimum atomic E-state index is -0.392. The molecule has 0 amide bonds. The fourth-order valence-corrected chi connectivity index (χ4v) is 3.42. The van der Waals surface area contributed by atoms with E-state index in [0.717, 1.165) is 16.5 Å². The second kappa shape index (κ2) is 8.10. The largest absolute Gasteiger partial charge is 0.385 e. The van der Waals surface area contributed by atoms with E-state index in [1.165, 1.54) is 9.13 Å². The van der Waals surface area contributed by atoms with Crippen molar-refractivity contribution >= 4 is 33.0 Å². The van der Waals surface area contributed by atoms with Crippen LogP contribution < -0.4 is 16.6 Å². The summed E-state index contributed by atoms with van der Waals surface area (Å²) >= 11 is 3.41. The van der Waals surface area contributed by atoms with Crippen LogP contribution in [0.15, 0.2) is 38.3 Å². The van der Waals surface area contributed by atoms with Crippen molar-refractivity contribution in [2.75, 3.05) is 25.6 Å². The number of ether oxygens (including phenoxy) is 1. The highest BCUT2D eigenvalue weighted by atomic mass is 79.9. The first-order chi connectivity index (χ1) is 12.9. The van der Waals surface area contributed by atoms with E-state index in [4.69, 9.17) is 4.74 Å². The quantitative estimate of drug-likeness (QED) is 0.570. The fourth-order valence-electron chi connectivity index (χ4n) is 2.98. The molecule has 3 rings (SSSR count). The number of hydrogen-bond donors (Lipinski definition) is 1. The maximum absolute atomic E-state index is 13.0. The third kappa shape index (κ3) is 3.84. The second-order valence-corrected chi connectivity index (χ2v) is 7.22. The molecule has 0 fully saturated rings. The number of hydrogen-bond acceptors (Lipinski definition) is 5. The molecule has 0 saturated carbocycles. The topological polar surface area (TPSA) is 83.1 Å². The molecule has 9 heteroatoms. The average Bonchev–Trinajstić information content (AvgIpc) is 2.97. The SMILES string of the molecule is COCCCNc1nc2c(c(=O)n(Cc3cccc(Br)c3)c(=O)n2C)n1C. The molecule has 144 valence electrons. The smallest absolute Gasteiger partial charge is 0.332 e. The van der Waals surface area contributed by atoms with Crippen LogP contribution in [-0.4, -0.2) is 38.9 Å².